The van der Waals surface area contributed by atoms with Crippen molar-refractivity contribution in [2.45, 2.75) is 38.6 Å². The van der Waals surface area contributed by atoms with Gasteiger partial charge in [0.2, 0.25) is 12.7 Å². The maximum absolute atomic E-state index is 14.6. The van der Waals surface area contributed by atoms with Crippen LogP contribution in [0.2, 0.25) is 0 Å². The Morgan fingerprint density at radius 2 is 1.75 bits per heavy atom. The molecule has 1 saturated heterocycles. The molecule has 2 aliphatic rings. The second-order valence-corrected chi connectivity index (χ2v) is 10.0. The van der Waals surface area contributed by atoms with E-state index in [0.717, 1.165) is 16.7 Å². The van der Waals surface area contributed by atoms with Crippen LogP contribution in [0.25, 0.3) is 0 Å². The molecule has 0 bridgehead atoms. The summed E-state index contributed by atoms with van der Waals surface area (Å²) in [5.74, 6) is -1.07. The number of hydrogen-bond acceptors (Lipinski definition) is 6. The first-order valence-electron chi connectivity index (χ1n) is 13.4. The summed E-state index contributed by atoms with van der Waals surface area (Å²) in [7, 11) is 1.57. The summed E-state index contributed by atoms with van der Waals surface area (Å²) in [5.41, 5.74) is 3.37. The Hall–Kier alpha value is -4.11. The van der Waals surface area contributed by atoms with E-state index in [1.807, 2.05) is 43.0 Å². The Bertz CT molecular complexity index is 1410. The number of methoxy groups -OCH3 is 1. The Labute approximate surface area is 232 Å². The number of carbonyl (C=O) groups is 2. The lowest BCUT2D eigenvalue weighted by atomic mass is 9.82. The molecule has 1 fully saturated rings. The summed E-state index contributed by atoms with van der Waals surface area (Å²) in [5, 5.41) is 13.4. The SMILES string of the molecule is CCc1ccc(F)c(CC)c1NC(=O)CN1C[C@H](c2ccc3c(c2)OCO3)C(C(=O)O)[C@@H]1c1ccc(OC)cc1. The number of nitrogens with one attached hydrogen (secondary N) is 1. The highest BCUT2D eigenvalue weighted by atomic mass is 19.1. The molecule has 2 heterocycles. The van der Waals surface area contributed by atoms with Crippen LogP contribution < -0.4 is 19.5 Å². The fraction of sp³-hybridized carbons (Fsp3) is 0.355. The lowest BCUT2D eigenvalue weighted by Crippen LogP contribution is -2.35. The van der Waals surface area contributed by atoms with Crippen molar-refractivity contribution in [3.05, 3.63) is 82.7 Å². The number of carboxylic acid groups (broad SMARTS) is 1. The number of hydrogen-bond donors (Lipinski definition) is 2. The fourth-order valence-corrected chi connectivity index (χ4v) is 5.90. The Kier molecular flexibility index (Phi) is 7.93. The molecule has 0 aromatic heterocycles. The first-order chi connectivity index (χ1) is 19.3. The smallest absolute Gasteiger partial charge is 0.309 e. The van der Waals surface area contributed by atoms with Gasteiger partial charge < -0.3 is 24.6 Å². The van der Waals surface area contributed by atoms with Crippen LogP contribution in [0.15, 0.2) is 54.6 Å². The van der Waals surface area contributed by atoms with Gasteiger partial charge in [-0.05, 0) is 59.9 Å². The van der Waals surface area contributed by atoms with Gasteiger partial charge in [-0.3, -0.25) is 14.5 Å². The molecule has 210 valence electrons. The third kappa shape index (κ3) is 5.21. The van der Waals surface area contributed by atoms with Crippen LogP contribution in [0.4, 0.5) is 10.1 Å². The largest absolute Gasteiger partial charge is 0.497 e. The van der Waals surface area contributed by atoms with E-state index in [9.17, 15) is 19.1 Å². The van der Waals surface area contributed by atoms with Gasteiger partial charge in [0.15, 0.2) is 11.5 Å². The molecule has 1 unspecified atom stereocenters. The van der Waals surface area contributed by atoms with Crippen LogP contribution in [0, 0.1) is 11.7 Å². The molecule has 0 spiro atoms. The molecule has 5 rings (SSSR count). The number of nitrogens with zero attached hydrogens (tertiary/aromatic N) is 1. The first-order valence-corrected chi connectivity index (χ1v) is 13.4. The number of amides is 1. The van der Waals surface area contributed by atoms with Crippen molar-refractivity contribution < 1.29 is 33.3 Å². The van der Waals surface area contributed by atoms with E-state index in [0.29, 0.717) is 47.9 Å². The third-order valence-electron chi connectivity index (χ3n) is 7.85. The molecule has 0 aliphatic carbocycles. The second-order valence-electron chi connectivity index (χ2n) is 10.0. The van der Waals surface area contributed by atoms with Gasteiger partial charge in [-0.2, -0.15) is 0 Å². The zero-order valence-electron chi connectivity index (χ0n) is 22.8. The number of fused-ring (bicyclic) bond motifs is 1. The summed E-state index contributed by atoms with van der Waals surface area (Å²) in [6.07, 6.45) is 1.06. The summed E-state index contributed by atoms with van der Waals surface area (Å²) in [6, 6.07) is 15.2. The average molecular weight is 549 g/mol. The number of aryl methyl sites for hydroxylation is 1. The number of carboxylic acids is 1. The van der Waals surface area contributed by atoms with Crippen LogP contribution >= 0.6 is 0 Å². The van der Waals surface area contributed by atoms with E-state index in [1.54, 1.807) is 31.4 Å². The van der Waals surface area contributed by atoms with Crippen LogP contribution in [0.1, 0.15) is 48.1 Å². The van der Waals surface area contributed by atoms with Crippen molar-refractivity contribution in [3.8, 4) is 17.2 Å². The third-order valence-corrected chi connectivity index (χ3v) is 7.85. The van der Waals surface area contributed by atoms with E-state index in [-0.39, 0.29) is 25.1 Å². The molecule has 2 aliphatic heterocycles. The second kappa shape index (κ2) is 11.6. The maximum Gasteiger partial charge on any atom is 0.309 e. The van der Waals surface area contributed by atoms with Gasteiger partial charge >= 0.3 is 5.97 Å². The monoisotopic (exact) mass is 548 g/mol. The number of benzene rings is 3. The molecular weight excluding hydrogens is 515 g/mol. The molecule has 1 amide bonds. The number of aliphatic carboxylic acids is 1. The van der Waals surface area contributed by atoms with Crippen molar-refractivity contribution in [2.75, 3.05) is 32.3 Å². The van der Waals surface area contributed by atoms with Crippen LogP contribution in [-0.2, 0) is 22.4 Å². The number of likely N-dealkylation sites (tertiary alicyclic amines) is 1. The highest BCUT2D eigenvalue weighted by molar-refractivity contribution is 5.94. The van der Waals surface area contributed by atoms with Crippen molar-refractivity contribution in [1.82, 2.24) is 4.90 Å². The van der Waals surface area contributed by atoms with Gasteiger partial charge in [-0.25, -0.2) is 4.39 Å². The Balaban J connectivity index is 1.49. The maximum atomic E-state index is 14.6. The Morgan fingerprint density at radius 1 is 1.02 bits per heavy atom. The van der Waals surface area contributed by atoms with Gasteiger partial charge in [-0.1, -0.05) is 38.1 Å². The average Bonchev–Trinajstić information content (AvgIpc) is 3.58. The van der Waals surface area contributed by atoms with Crippen LogP contribution in [0.5, 0.6) is 17.2 Å². The van der Waals surface area contributed by atoms with Crippen molar-refractivity contribution in [3.63, 3.8) is 0 Å². The lowest BCUT2D eigenvalue weighted by molar-refractivity contribution is -0.143. The highest BCUT2D eigenvalue weighted by Crippen LogP contribution is 2.47. The minimum Gasteiger partial charge on any atom is -0.497 e. The number of carbonyl (C=O) groups excluding carboxylic acids is 1. The van der Waals surface area contributed by atoms with E-state index in [1.165, 1.54) is 6.07 Å². The fourth-order valence-electron chi connectivity index (χ4n) is 5.90. The molecule has 8 nitrogen and oxygen atoms in total. The van der Waals surface area contributed by atoms with Crippen LogP contribution in [-0.4, -0.2) is 48.9 Å². The number of ether oxygens (including phenoxy) is 3. The topological polar surface area (TPSA) is 97.3 Å². The van der Waals surface area contributed by atoms with Crippen molar-refractivity contribution >= 4 is 17.6 Å². The van der Waals surface area contributed by atoms with Crippen LogP contribution in [0.3, 0.4) is 0 Å². The predicted octanol–water partition coefficient (Wildman–Crippen LogP) is 5.17. The molecule has 3 aromatic carbocycles. The quantitative estimate of drug-likeness (QED) is 0.381. The number of anilines is 1. The van der Waals surface area contributed by atoms with Crippen molar-refractivity contribution in [2.24, 2.45) is 5.92 Å². The summed E-state index contributed by atoms with van der Waals surface area (Å²) in [6.45, 7) is 4.18. The zero-order chi connectivity index (χ0) is 28.4. The molecule has 0 saturated carbocycles. The molecule has 9 heteroatoms. The summed E-state index contributed by atoms with van der Waals surface area (Å²) >= 11 is 0. The first kappa shape index (κ1) is 27.5. The highest BCUT2D eigenvalue weighted by Gasteiger charge is 2.48. The van der Waals surface area contributed by atoms with Crippen molar-refractivity contribution in [1.29, 1.82) is 0 Å². The molecular formula is C31H33FN2O6. The molecule has 2 N–H and O–H groups in total. The molecule has 0 radical (unpaired) electrons. The zero-order valence-corrected chi connectivity index (χ0v) is 22.8. The Morgan fingerprint density at radius 3 is 2.42 bits per heavy atom. The van der Waals surface area contributed by atoms with E-state index in [4.69, 9.17) is 14.2 Å². The standard InChI is InChI=1S/C31H33FN2O6/c1-4-18-8-12-24(32)22(5-2)29(18)33-27(35)16-34-15-23(20-9-13-25-26(14-20)40-17-39-25)28(31(36)37)30(34)19-6-10-21(38-3)11-7-19/h6-14,23,28,30H,4-5,15-17H2,1-3H3,(H,33,35)(H,36,37)/t23-,28?,30+/m1/s1. The van der Waals surface area contributed by atoms with E-state index < -0.39 is 23.8 Å². The molecule has 40 heavy (non-hydrogen) atoms. The predicted molar refractivity (Wildman–Crippen MR) is 148 cm³/mol. The van der Waals surface area contributed by atoms with Gasteiger partial charge in [0.1, 0.15) is 11.6 Å². The van der Waals surface area contributed by atoms with Gasteiger partial charge in [0.05, 0.1) is 25.3 Å². The van der Waals surface area contributed by atoms with Gasteiger partial charge in [-0.15, -0.1) is 0 Å². The summed E-state index contributed by atoms with van der Waals surface area (Å²) < 4.78 is 30.9. The number of halogens is 1. The summed E-state index contributed by atoms with van der Waals surface area (Å²) in [4.78, 5) is 28.2. The van der Waals surface area contributed by atoms with Gasteiger partial charge in [0.25, 0.3) is 0 Å². The van der Waals surface area contributed by atoms with Gasteiger partial charge in [0, 0.05) is 24.1 Å². The van der Waals surface area contributed by atoms with E-state index >= 15 is 0 Å². The lowest BCUT2D eigenvalue weighted by Gasteiger charge is -2.27. The number of rotatable bonds is 9. The van der Waals surface area contributed by atoms with E-state index in [2.05, 4.69) is 5.32 Å². The molecule has 3 aromatic rings. The minimum atomic E-state index is -0.960. The minimum absolute atomic E-state index is 0.0651. The molecule has 3 atom stereocenters. The normalized spacial score (nSPS) is 19.9.